The molecule has 2 heterocycles. The van der Waals surface area contributed by atoms with E-state index in [4.69, 9.17) is 15.0 Å². The van der Waals surface area contributed by atoms with Crippen LogP contribution in [0.25, 0.3) is 94.0 Å². The first-order chi connectivity index (χ1) is 27.7. The summed E-state index contributed by atoms with van der Waals surface area (Å²) in [5.41, 5.74) is 9.63. The Balaban J connectivity index is 1.12. The number of nitrogens with zero attached hydrogens (tertiary/aromatic N) is 4. The second-order valence-electron chi connectivity index (χ2n) is 17.1. The van der Waals surface area contributed by atoms with Crippen molar-refractivity contribution in [3.63, 3.8) is 0 Å². The molecule has 0 saturated heterocycles. The van der Waals surface area contributed by atoms with Gasteiger partial charge >= 0.3 is 0 Å². The van der Waals surface area contributed by atoms with Crippen molar-refractivity contribution in [2.75, 3.05) is 0 Å². The fourth-order valence-electron chi connectivity index (χ4n) is 9.47. The van der Waals surface area contributed by atoms with Gasteiger partial charge in [0.2, 0.25) is 0 Å². The van der Waals surface area contributed by atoms with Crippen LogP contribution in [0.3, 0.4) is 0 Å². The summed E-state index contributed by atoms with van der Waals surface area (Å²) in [6.07, 6.45) is 2.35. The van der Waals surface area contributed by atoms with Crippen LogP contribution >= 0.6 is 0 Å². The molecule has 2 aromatic heterocycles. The number of hydrogen-bond acceptors (Lipinski definition) is 3. The lowest BCUT2D eigenvalue weighted by molar-refractivity contribution is 0.332. The summed E-state index contributed by atoms with van der Waals surface area (Å²) in [5.74, 6) is 1.97. The van der Waals surface area contributed by atoms with Crippen LogP contribution in [-0.4, -0.2) is 19.5 Å². The summed E-state index contributed by atoms with van der Waals surface area (Å²) in [4.78, 5) is 15.6. The van der Waals surface area contributed by atoms with E-state index in [1.807, 2.05) is 0 Å². The highest BCUT2D eigenvalue weighted by Gasteiger charge is 2.38. The molecule has 8 aromatic carbocycles. The third-order valence-corrected chi connectivity index (χ3v) is 12.7. The average Bonchev–Trinajstić information content (AvgIpc) is 3.58. The highest BCUT2D eigenvalue weighted by Crippen LogP contribution is 2.49. The fourth-order valence-corrected chi connectivity index (χ4v) is 9.47. The number of benzene rings is 8. The van der Waals surface area contributed by atoms with E-state index in [9.17, 15) is 0 Å². The maximum atomic E-state index is 5.20. The minimum atomic E-state index is 0.0918. The van der Waals surface area contributed by atoms with Crippen molar-refractivity contribution in [2.45, 2.75) is 51.4 Å². The van der Waals surface area contributed by atoms with Crippen molar-refractivity contribution in [2.24, 2.45) is 0 Å². The fraction of sp³-hybridized carbons (Fsp3) is 0.151. The number of rotatable bonds is 4. The maximum Gasteiger partial charge on any atom is 0.164 e. The van der Waals surface area contributed by atoms with E-state index in [0.717, 1.165) is 43.9 Å². The molecule has 57 heavy (non-hydrogen) atoms. The Labute approximate surface area is 332 Å². The largest absolute Gasteiger partial charge is 0.309 e. The molecule has 1 aliphatic rings. The Kier molecular flexibility index (Phi) is 7.34. The van der Waals surface area contributed by atoms with Gasteiger partial charge in [-0.1, -0.05) is 143 Å². The molecular formula is C53H42N4. The minimum Gasteiger partial charge on any atom is -0.309 e. The van der Waals surface area contributed by atoms with Crippen molar-refractivity contribution >= 4 is 54.1 Å². The van der Waals surface area contributed by atoms with Gasteiger partial charge in [0.15, 0.2) is 17.5 Å². The number of hydrogen-bond donors (Lipinski definition) is 0. The summed E-state index contributed by atoms with van der Waals surface area (Å²) in [5, 5.41) is 9.71. The topological polar surface area (TPSA) is 43.6 Å². The third kappa shape index (κ3) is 5.31. The van der Waals surface area contributed by atoms with Gasteiger partial charge in [0.25, 0.3) is 0 Å². The van der Waals surface area contributed by atoms with E-state index < -0.39 is 0 Å². The highest BCUT2D eigenvalue weighted by molar-refractivity contribution is 6.21. The normalized spacial score (nSPS) is 14.8. The summed E-state index contributed by atoms with van der Waals surface area (Å²) >= 11 is 0. The van der Waals surface area contributed by atoms with Gasteiger partial charge in [-0.15, -0.1) is 0 Å². The lowest BCUT2D eigenvalue weighted by Crippen LogP contribution is -2.33. The number of fused-ring (bicyclic) bond motifs is 8. The highest BCUT2D eigenvalue weighted by atomic mass is 15.0. The molecule has 1 aliphatic carbocycles. The van der Waals surface area contributed by atoms with E-state index >= 15 is 0 Å². The zero-order valence-corrected chi connectivity index (χ0v) is 32.7. The van der Waals surface area contributed by atoms with Crippen LogP contribution in [-0.2, 0) is 10.8 Å². The smallest absolute Gasteiger partial charge is 0.164 e. The lowest BCUT2D eigenvalue weighted by Gasteiger charge is -2.42. The zero-order chi connectivity index (χ0) is 38.5. The molecule has 0 bridgehead atoms. The summed E-state index contributed by atoms with van der Waals surface area (Å²) in [6.45, 7) is 9.67. The Hall–Kier alpha value is -6.65. The number of aromatic nitrogens is 4. The van der Waals surface area contributed by atoms with E-state index in [1.165, 1.54) is 56.5 Å². The second kappa shape index (κ2) is 12.4. The van der Waals surface area contributed by atoms with Gasteiger partial charge < -0.3 is 4.57 Å². The van der Waals surface area contributed by atoms with Gasteiger partial charge in [-0.25, -0.2) is 15.0 Å². The Morgan fingerprint density at radius 2 is 0.912 bits per heavy atom. The lowest BCUT2D eigenvalue weighted by atomic mass is 9.63. The third-order valence-electron chi connectivity index (χ3n) is 12.7. The average molecular weight is 735 g/mol. The second-order valence-corrected chi connectivity index (χ2v) is 17.1. The van der Waals surface area contributed by atoms with Crippen molar-refractivity contribution in [1.82, 2.24) is 19.5 Å². The molecule has 11 rings (SSSR count). The van der Waals surface area contributed by atoms with Crippen molar-refractivity contribution in [3.8, 4) is 39.9 Å². The monoisotopic (exact) mass is 734 g/mol. The molecular weight excluding hydrogens is 693 g/mol. The summed E-state index contributed by atoms with van der Waals surface area (Å²) < 4.78 is 2.47. The molecule has 274 valence electrons. The van der Waals surface area contributed by atoms with Crippen molar-refractivity contribution in [1.29, 1.82) is 0 Å². The van der Waals surface area contributed by atoms with Crippen LogP contribution in [0.5, 0.6) is 0 Å². The van der Waals surface area contributed by atoms with E-state index in [-0.39, 0.29) is 10.8 Å². The molecule has 10 aromatic rings. The van der Waals surface area contributed by atoms with Gasteiger partial charge in [0.05, 0.1) is 11.0 Å². The molecule has 0 spiro atoms. The van der Waals surface area contributed by atoms with Crippen LogP contribution in [0.2, 0.25) is 0 Å². The summed E-state index contributed by atoms with van der Waals surface area (Å²) in [6, 6.07) is 56.8. The van der Waals surface area contributed by atoms with Crippen LogP contribution in [0.1, 0.15) is 51.7 Å². The molecule has 0 saturated carbocycles. The molecule has 4 heteroatoms. The van der Waals surface area contributed by atoms with E-state index in [1.54, 1.807) is 0 Å². The molecule has 0 radical (unpaired) electrons. The van der Waals surface area contributed by atoms with E-state index in [2.05, 4.69) is 190 Å². The van der Waals surface area contributed by atoms with Crippen LogP contribution in [0.4, 0.5) is 0 Å². The quantitative estimate of drug-likeness (QED) is 0.181. The first-order valence-corrected chi connectivity index (χ1v) is 20.1. The predicted octanol–water partition coefficient (Wildman–Crippen LogP) is 13.8. The molecule has 0 atom stereocenters. The molecule has 4 nitrogen and oxygen atoms in total. The van der Waals surface area contributed by atoms with Gasteiger partial charge in [-0.05, 0) is 110 Å². The van der Waals surface area contributed by atoms with E-state index in [0.29, 0.717) is 17.5 Å². The first-order valence-electron chi connectivity index (χ1n) is 20.1. The standard InChI is InChI=1S/C53H42N4/c1-52(2)29-30-53(3,4)45-32-47-43(31-44(45)52)48-40-20-10-7-15-35(40)25-28-46(48)57(47)37-26-23-36(24-27-37)49-54-50(41-21-11-16-33-13-5-8-18-38(33)41)56-51(55-49)42-22-12-17-34-14-6-9-19-39(34)42/h5-28,31-32H,29-30H2,1-4H3. The maximum absolute atomic E-state index is 5.20. The van der Waals surface area contributed by atoms with Crippen LogP contribution in [0.15, 0.2) is 158 Å². The first kappa shape index (κ1) is 33.7. The molecule has 0 N–H and O–H groups in total. The van der Waals surface area contributed by atoms with Crippen LogP contribution < -0.4 is 0 Å². The summed E-state index contributed by atoms with van der Waals surface area (Å²) in [7, 11) is 0. The SMILES string of the molecule is CC1(C)CCC(C)(C)c2cc3c(cc21)c1c2ccccc2ccc1n3-c1ccc(-c2nc(-c3cccc4ccccc34)nc(-c3cccc4ccccc34)n2)cc1. The van der Waals surface area contributed by atoms with Crippen molar-refractivity contribution in [3.05, 3.63) is 169 Å². The minimum absolute atomic E-state index is 0.0918. The Bertz CT molecular complexity index is 3130. The molecule has 0 aliphatic heterocycles. The van der Waals surface area contributed by atoms with Crippen molar-refractivity contribution < 1.29 is 0 Å². The molecule has 0 unspecified atom stereocenters. The Morgan fingerprint density at radius 3 is 1.51 bits per heavy atom. The molecule has 0 fully saturated rings. The Morgan fingerprint density at radius 1 is 0.421 bits per heavy atom. The van der Waals surface area contributed by atoms with Crippen LogP contribution in [0, 0.1) is 0 Å². The van der Waals surface area contributed by atoms with Gasteiger partial charge in [-0.2, -0.15) is 0 Å². The van der Waals surface area contributed by atoms with Gasteiger partial charge in [0.1, 0.15) is 0 Å². The zero-order valence-electron chi connectivity index (χ0n) is 32.7. The molecule has 0 amide bonds. The van der Waals surface area contributed by atoms with Gasteiger partial charge in [0, 0.05) is 33.2 Å². The van der Waals surface area contributed by atoms with Gasteiger partial charge in [-0.3, -0.25) is 0 Å². The predicted molar refractivity (Wildman–Crippen MR) is 238 cm³/mol.